The summed E-state index contributed by atoms with van der Waals surface area (Å²) in [5, 5.41) is 11.5. The summed E-state index contributed by atoms with van der Waals surface area (Å²) in [7, 11) is 0. The molecule has 2 heterocycles. The minimum atomic E-state index is -1.25. The maximum absolute atomic E-state index is 12.0. The third-order valence-corrected chi connectivity index (χ3v) is 2.70. The highest BCUT2D eigenvalue weighted by Crippen LogP contribution is 2.34. The van der Waals surface area contributed by atoms with Crippen LogP contribution in [0.5, 0.6) is 11.5 Å². The predicted molar refractivity (Wildman–Crippen MR) is 66.1 cm³/mol. The number of anilines is 1. The largest absolute Gasteiger partial charge is 0.477 e. The molecular formula is C12H9N3O5. The molecule has 3 N–H and O–H groups in total. The van der Waals surface area contributed by atoms with Gasteiger partial charge in [-0.05, 0) is 12.1 Å². The van der Waals surface area contributed by atoms with Crippen LogP contribution in [0.2, 0.25) is 0 Å². The van der Waals surface area contributed by atoms with E-state index in [0.29, 0.717) is 17.2 Å². The summed E-state index contributed by atoms with van der Waals surface area (Å²) in [5.74, 6) is -0.766. The van der Waals surface area contributed by atoms with Gasteiger partial charge in [-0.15, -0.1) is 0 Å². The number of benzene rings is 1. The Morgan fingerprint density at radius 2 is 2.10 bits per heavy atom. The van der Waals surface area contributed by atoms with Crippen LogP contribution in [0.15, 0.2) is 24.5 Å². The molecule has 1 aliphatic heterocycles. The number of nitrogens with zero attached hydrogens (tertiary/aromatic N) is 1. The molecule has 0 atom stereocenters. The van der Waals surface area contributed by atoms with Crippen LogP contribution in [0.3, 0.4) is 0 Å². The number of rotatable bonds is 3. The smallest absolute Gasteiger partial charge is 0.354 e. The van der Waals surface area contributed by atoms with Crippen molar-refractivity contribution in [1.29, 1.82) is 0 Å². The summed E-state index contributed by atoms with van der Waals surface area (Å²) < 4.78 is 10.3. The van der Waals surface area contributed by atoms with Gasteiger partial charge in [0.15, 0.2) is 22.9 Å². The van der Waals surface area contributed by atoms with E-state index in [-0.39, 0.29) is 18.2 Å². The zero-order chi connectivity index (χ0) is 14.1. The summed E-state index contributed by atoms with van der Waals surface area (Å²) in [6.07, 6.45) is 1.15. The lowest BCUT2D eigenvalue weighted by Crippen LogP contribution is -2.16. The number of H-pyrrole nitrogens is 1. The van der Waals surface area contributed by atoms with Gasteiger partial charge in [0.25, 0.3) is 5.91 Å². The summed E-state index contributed by atoms with van der Waals surface area (Å²) in [6, 6.07) is 4.87. The number of aromatic nitrogens is 2. The summed E-state index contributed by atoms with van der Waals surface area (Å²) in [5.41, 5.74) is 0.0111. The fourth-order valence-electron chi connectivity index (χ4n) is 1.79. The second kappa shape index (κ2) is 4.57. The third kappa shape index (κ3) is 2.03. The summed E-state index contributed by atoms with van der Waals surface area (Å²) >= 11 is 0. The van der Waals surface area contributed by atoms with Crippen LogP contribution >= 0.6 is 0 Å². The minimum absolute atomic E-state index is 0.134. The fraction of sp³-hybridized carbons (Fsp3) is 0.0833. The highest BCUT2D eigenvalue weighted by atomic mass is 16.7. The molecule has 0 bridgehead atoms. The average Bonchev–Trinajstić information content (AvgIpc) is 3.06. The van der Waals surface area contributed by atoms with Crippen molar-refractivity contribution in [3.63, 3.8) is 0 Å². The van der Waals surface area contributed by atoms with Gasteiger partial charge in [0.1, 0.15) is 0 Å². The van der Waals surface area contributed by atoms with Crippen LogP contribution < -0.4 is 14.8 Å². The number of amides is 1. The fourth-order valence-corrected chi connectivity index (χ4v) is 1.79. The van der Waals surface area contributed by atoms with Crippen LogP contribution in [0.4, 0.5) is 5.69 Å². The van der Waals surface area contributed by atoms with Gasteiger partial charge in [-0.1, -0.05) is 0 Å². The van der Waals surface area contributed by atoms with E-state index in [0.717, 1.165) is 6.33 Å². The Labute approximate surface area is 112 Å². The Balaban J connectivity index is 1.82. The molecule has 1 aliphatic rings. The van der Waals surface area contributed by atoms with Gasteiger partial charge >= 0.3 is 5.97 Å². The Morgan fingerprint density at radius 1 is 1.30 bits per heavy atom. The molecule has 0 spiro atoms. The zero-order valence-electron chi connectivity index (χ0n) is 10.0. The molecule has 0 fully saturated rings. The summed E-state index contributed by atoms with van der Waals surface area (Å²) in [4.78, 5) is 29.0. The molecule has 20 heavy (non-hydrogen) atoms. The SMILES string of the molecule is O=C(Nc1ccc2c(c1)OCO2)c1nc[nH]c1C(=O)O. The van der Waals surface area contributed by atoms with Gasteiger partial charge in [-0.25, -0.2) is 9.78 Å². The third-order valence-electron chi connectivity index (χ3n) is 2.70. The first kappa shape index (κ1) is 12.0. The molecule has 1 aromatic carbocycles. The maximum atomic E-state index is 12.0. The van der Waals surface area contributed by atoms with E-state index >= 15 is 0 Å². The molecule has 2 aromatic rings. The van der Waals surface area contributed by atoms with Crippen LogP contribution in [0, 0.1) is 0 Å². The van der Waals surface area contributed by atoms with Crippen LogP contribution in [0.1, 0.15) is 21.0 Å². The van der Waals surface area contributed by atoms with Gasteiger partial charge < -0.3 is 24.9 Å². The molecule has 8 nitrogen and oxygen atoms in total. The van der Waals surface area contributed by atoms with Crippen molar-refractivity contribution in [1.82, 2.24) is 9.97 Å². The Morgan fingerprint density at radius 3 is 2.90 bits per heavy atom. The number of aromatic carboxylic acids is 1. The lowest BCUT2D eigenvalue weighted by atomic mass is 10.2. The Hall–Kier alpha value is -3.03. The Kier molecular flexibility index (Phi) is 2.75. The van der Waals surface area contributed by atoms with E-state index < -0.39 is 11.9 Å². The van der Waals surface area contributed by atoms with Crippen LogP contribution in [0.25, 0.3) is 0 Å². The van der Waals surface area contributed by atoms with Gasteiger partial charge in [0.05, 0.1) is 6.33 Å². The number of carbonyl (C=O) groups is 2. The number of nitrogens with one attached hydrogen (secondary N) is 2. The number of carbonyl (C=O) groups excluding carboxylic acids is 1. The topological polar surface area (TPSA) is 114 Å². The second-order valence-electron chi connectivity index (χ2n) is 3.95. The van der Waals surface area contributed by atoms with Crippen molar-refractivity contribution in [2.24, 2.45) is 0 Å². The molecule has 1 aromatic heterocycles. The van der Waals surface area contributed by atoms with E-state index in [1.54, 1.807) is 18.2 Å². The van der Waals surface area contributed by atoms with Gasteiger partial charge in [-0.3, -0.25) is 4.79 Å². The first-order chi connectivity index (χ1) is 9.65. The van der Waals surface area contributed by atoms with Crippen LogP contribution in [-0.2, 0) is 0 Å². The van der Waals surface area contributed by atoms with Gasteiger partial charge in [0.2, 0.25) is 6.79 Å². The van der Waals surface area contributed by atoms with Gasteiger partial charge in [0, 0.05) is 11.8 Å². The minimum Gasteiger partial charge on any atom is -0.477 e. The number of imidazole rings is 1. The van der Waals surface area contributed by atoms with E-state index in [2.05, 4.69) is 15.3 Å². The number of aromatic amines is 1. The molecular weight excluding hydrogens is 266 g/mol. The molecule has 0 saturated carbocycles. The molecule has 0 saturated heterocycles. The number of carboxylic acids is 1. The molecule has 3 rings (SSSR count). The average molecular weight is 275 g/mol. The second-order valence-corrected chi connectivity index (χ2v) is 3.95. The number of carboxylic acid groups (broad SMARTS) is 1. The number of hydrogen-bond acceptors (Lipinski definition) is 5. The predicted octanol–water partition coefficient (Wildman–Crippen LogP) is 1.09. The van der Waals surface area contributed by atoms with Crippen LogP contribution in [-0.4, -0.2) is 33.7 Å². The Bertz CT molecular complexity index is 694. The first-order valence-electron chi connectivity index (χ1n) is 5.63. The maximum Gasteiger partial charge on any atom is 0.354 e. The molecule has 8 heteroatoms. The van der Waals surface area contributed by atoms with Crippen molar-refractivity contribution in [2.75, 3.05) is 12.1 Å². The lowest BCUT2D eigenvalue weighted by Gasteiger charge is -2.05. The lowest BCUT2D eigenvalue weighted by molar-refractivity contribution is 0.0686. The number of fused-ring (bicyclic) bond motifs is 1. The summed E-state index contributed by atoms with van der Waals surface area (Å²) in [6.45, 7) is 0.134. The van der Waals surface area contributed by atoms with Crippen molar-refractivity contribution in [3.05, 3.63) is 35.9 Å². The monoisotopic (exact) mass is 275 g/mol. The van der Waals surface area contributed by atoms with E-state index in [1.165, 1.54) is 0 Å². The van der Waals surface area contributed by atoms with Crippen molar-refractivity contribution >= 4 is 17.6 Å². The quantitative estimate of drug-likeness (QED) is 0.772. The first-order valence-corrected chi connectivity index (χ1v) is 5.63. The van der Waals surface area contributed by atoms with E-state index in [1.807, 2.05) is 0 Å². The normalized spacial score (nSPS) is 12.2. The van der Waals surface area contributed by atoms with Crippen molar-refractivity contribution in [2.45, 2.75) is 0 Å². The van der Waals surface area contributed by atoms with E-state index in [9.17, 15) is 9.59 Å². The number of hydrogen-bond donors (Lipinski definition) is 3. The molecule has 0 radical (unpaired) electrons. The molecule has 0 aliphatic carbocycles. The highest BCUT2D eigenvalue weighted by Gasteiger charge is 2.20. The standard InChI is InChI=1S/C12H9N3O5/c16-11(9-10(12(17)18)14-4-13-9)15-6-1-2-7-8(3-6)20-5-19-7/h1-4H,5H2,(H,13,14)(H,15,16)(H,17,18). The molecule has 0 unspecified atom stereocenters. The van der Waals surface area contributed by atoms with Crippen molar-refractivity contribution < 1.29 is 24.2 Å². The zero-order valence-corrected chi connectivity index (χ0v) is 10.0. The molecule has 102 valence electrons. The van der Waals surface area contributed by atoms with E-state index in [4.69, 9.17) is 14.6 Å². The number of ether oxygens (including phenoxy) is 2. The van der Waals surface area contributed by atoms with Crippen molar-refractivity contribution in [3.8, 4) is 11.5 Å². The highest BCUT2D eigenvalue weighted by molar-refractivity contribution is 6.08. The van der Waals surface area contributed by atoms with Gasteiger partial charge in [-0.2, -0.15) is 0 Å². The molecule has 1 amide bonds.